The van der Waals surface area contributed by atoms with Crippen LogP contribution in [0.15, 0.2) is 18.3 Å². The van der Waals surface area contributed by atoms with Crippen molar-refractivity contribution in [2.75, 3.05) is 0 Å². The Balaban J connectivity index is 2.16. The highest BCUT2D eigenvalue weighted by molar-refractivity contribution is 5.21. The van der Waals surface area contributed by atoms with Crippen molar-refractivity contribution in [3.8, 4) is 0 Å². The van der Waals surface area contributed by atoms with Crippen LogP contribution in [0.25, 0.3) is 0 Å². The summed E-state index contributed by atoms with van der Waals surface area (Å²) in [6.07, 6.45) is 5.35. The second kappa shape index (κ2) is 4.07. The van der Waals surface area contributed by atoms with Crippen LogP contribution in [0.4, 0.5) is 0 Å². The summed E-state index contributed by atoms with van der Waals surface area (Å²) < 4.78 is 0. The molecule has 1 aliphatic rings. The molecule has 0 aromatic carbocycles. The minimum Gasteiger partial charge on any atom is -0.390 e. The summed E-state index contributed by atoms with van der Waals surface area (Å²) in [5.74, 6) is 0.468. The van der Waals surface area contributed by atoms with Gasteiger partial charge in [0.2, 0.25) is 0 Å². The lowest BCUT2D eigenvalue weighted by molar-refractivity contribution is 0.277. The average molecular weight is 192 g/mol. The molecule has 0 amide bonds. The molecule has 3 nitrogen and oxygen atoms in total. The van der Waals surface area contributed by atoms with Gasteiger partial charge in [0.1, 0.15) is 0 Å². The number of hydrogen-bond donors (Lipinski definition) is 2. The number of nitrogens with zero attached hydrogens (tertiary/aromatic N) is 1. The minimum atomic E-state index is 0.0109. The first kappa shape index (κ1) is 9.62. The first-order valence-electron chi connectivity index (χ1n) is 5.12. The second-order valence-electron chi connectivity index (χ2n) is 3.94. The molecule has 0 aliphatic heterocycles. The summed E-state index contributed by atoms with van der Waals surface area (Å²) >= 11 is 0. The highest BCUT2D eigenvalue weighted by Crippen LogP contribution is 2.32. The van der Waals surface area contributed by atoms with Crippen molar-refractivity contribution >= 4 is 0 Å². The quantitative estimate of drug-likeness (QED) is 0.739. The van der Waals surface area contributed by atoms with Crippen molar-refractivity contribution in [2.24, 2.45) is 5.73 Å². The van der Waals surface area contributed by atoms with Gasteiger partial charge in [-0.3, -0.25) is 4.98 Å². The van der Waals surface area contributed by atoms with Crippen molar-refractivity contribution in [2.45, 2.75) is 37.8 Å². The van der Waals surface area contributed by atoms with E-state index in [-0.39, 0.29) is 12.6 Å². The molecule has 1 aromatic heterocycles. The molecule has 0 spiro atoms. The van der Waals surface area contributed by atoms with Crippen LogP contribution in [0.1, 0.15) is 36.4 Å². The molecule has 0 bridgehead atoms. The maximum atomic E-state index is 8.86. The zero-order valence-corrected chi connectivity index (χ0v) is 8.19. The van der Waals surface area contributed by atoms with Crippen LogP contribution in [-0.4, -0.2) is 16.1 Å². The number of nitrogens with two attached hydrogens (primary N) is 1. The van der Waals surface area contributed by atoms with E-state index in [0.29, 0.717) is 5.92 Å². The second-order valence-corrected chi connectivity index (χ2v) is 3.94. The van der Waals surface area contributed by atoms with Gasteiger partial charge >= 0.3 is 0 Å². The zero-order valence-electron chi connectivity index (χ0n) is 8.19. The van der Waals surface area contributed by atoms with Gasteiger partial charge in [0.25, 0.3) is 0 Å². The summed E-state index contributed by atoms with van der Waals surface area (Å²) in [7, 11) is 0. The van der Waals surface area contributed by atoms with Gasteiger partial charge in [0, 0.05) is 18.2 Å². The molecule has 3 N–H and O–H groups in total. The summed E-state index contributed by atoms with van der Waals surface area (Å²) in [5, 5.41) is 8.86. The largest absolute Gasteiger partial charge is 0.390 e. The number of pyridine rings is 1. The van der Waals surface area contributed by atoms with Crippen LogP contribution in [0.5, 0.6) is 0 Å². The smallest absolute Gasteiger partial charge is 0.0852 e. The number of hydrogen-bond acceptors (Lipinski definition) is 3. The van der Waals surface area contributed by atoms with Crippen molar-refractivity contribution in [1.82, 2.24) is 4.98 Å². The fraction of sp³-hybridized carbons (Fsp3) is 0.545. The Labute approximate surface area is 84.0 Å². The molecule has 2 atom stereocenters. The van der Waals surface area contributed by atoms with E-state index in [1.807, 2.05) is 18.3 Å². The Hall–Kier alpha value is -0.930. The highest BCUT2D eigenvalue weighted by Gasteiger charge is 2.25. The summed E-state index contributed by atoms with van der Waals surface area (Å²) in [6, 6.07) is 4.20. The molecule has 1 aliphatic carbocycles. The molecule has 14 heavy (non-hydrogen) atoms. The maximum Gasteiger partial charge on any atom is 0.0852 e. The molecule has 2 unspecified atom stereocenters. The summed E-state index contributed by atoms with van der Waals surface area (Å²) in [4.78, 5) is 4.17. The van der Waals surface area contributed by atoms with Crippen molar-refractivity contribution in [1.29, 1.82) is 0 Å². The minimum absolute atomic E-state index is 0.0109. The Kier molecular flexibility index (Phi) is 2.79. The van der Waals surface area contributed by atoms with Crippen molar-refractivity contribution in [3.05, 3.63) is 29.6 Å². The van der Waals surface area contributed by atoms with E-state index in [0.717, 1.165) is 12.1 Å². The van der Waals surface area contributed by atoms with Gasteiger partial charge in [0.15, 0.2) is 0 Å². The monoisotopic (exact) mass is 192 g/mol. The lowest BCUT2D eigenvalue weighted by Gasteiger charge is -2.15. The van der Waals surface area contributed by atoms with E-state index in [4.69, 9.17) is 10.8 Å². The fourth-order valence-corrected chi connectivity index (χ4v) is 2.15. The number of rotatable bonds is 2. The lowest BCUT2D eigenvalue weighted by atomic mass is 9.96. The van der Waals surface area contributed by atoms with E-state index < -0.39 is 0 Å². The summed E-state index contributed by atoms with van der Waals surface area (Å²) in [6.45, 7) is 0.0109. The van der Waals surface area contributed by atoms with Gasteiger partial charge in [-0.1, -0.05) is 12.5 Å². The van der Waals surface area contributed by atoms with Crippen LogP contribution in [0.2, 0.25) is 0 Å². The third-order valence-electron chi connectivity index (χ3n) is 3.01. The van der Waals surface area contributed by atoms with Crippen molar-refractivity contribution in [3.63, 3.8) is 0 Å². The first-order chi connectivity index (χ1) is 6.81. The first-order valence-corrected chi connectivity index (χ1v) is 5.12. The Morgan fingerprint density at radius 2 is 2.29 bits per heavy atom. The van der Waals surface area contributed by atoms with E-state index in [1.165, 1.54) is 18.4 Å². The van der Waals surface area contributed by atoms with E-state index >= 15 is 0 Å². The topological polar surface area (TPSA) is 59.1 Å². The molecule has 0 saturated heterocycles. The van der Waals surface area contributed by atoms with Crippen LogP contribution in [-0.2, 0) is 6.61 Å². The van der Waals surface area contributed by atoms with Gasteiger partial charge in [0.05, 0.1) is 12.3 Å². The van der Waals surface area contributed by atoms with Crippen LogP contribution >= 0.6 is 0 Å². The normalized spacial score (nSPS) is 26.7. The molecule has 1 fully saturated rings. The predicted molar refractivity (Wildman–Crippen MR) is 54.7 cm³/mol. The van der Waals surface area contributed by atoms with Gasteiger partial charge in [-0.25, -0.2) is 0 Å². The third kappa shape index (κ3) is 1.79. The van der Waals surface area contributed by atoms with Crippen LogP contribution < -0.4 is 5.73 Å². The highest BCUT2D eigenvalue weighted by atomic mass is 16.3. The van der Waals surface area contributed by atoms with E-state index in [2.05, 4.69) is 4.98 Å². The number of aliphatic hydroxyl groups is 1. The molecule has 3 heteroatoms. The SMILES string of the molecule is NC1CCCC1c1ccc(CO)nc1. The van der Waals surface area contributed by atoms with E-state index in [1.54, 1.807) is 0 Å². The molecule has 76 valence electrons. The zero-order chi connectivity index (χ0) is 9.97. The van der Waals surface area contributed by atoms with Crippen LogP contribution in [0, 0.1) is 0 Å². The molecule has 2 rings (SSSR count). The molecule has 1 heterocycles. The van der Waals surface area contributed by atoms with Gasteiger partial charge in [-0.05, 0) is 24.5 Å². The Morgan fingerprint density at radius 3 is 2.79 bits per heavy atom. The van der Waals surface area contributed by atoms with Gasteiger partial charge in [-0.15, -0.1) is 0 Å². The standard InChI is InChI=1S/C11H16N2O/c12-11-3-1-2-10(11)8-4-5-9(7-14)13-6-8/h4-6,10-11,14H,1-3,7,12H2. The average Bonchev–Trinajstić information content (AvgIpc) is 2.65. The number of aliphatic hydroxyl groups excluding tert-OH is 1. The van der Waals surface area contributed by atoms with Crippen LogP contribution in [0.3, 0.4) is 0 Å². The molecular formula is C11H16N2O. The van der Waals surface area contributed by atoms with Gasteiger partial charge in [-0.2, -0.15) is 0 Å². The third-order valence-corrected chi connectivity index (χ3v) is 3.01. The van der Waals surface area contributed by atoms with Gasteiger partial charge < -0.3 is 10.8 Å². The molecule has 1 saturated carbocycles. The predicted octanol–water partition coefficient (Wildman–Crippen LogP) is 1.17. The molecule has 0 radical (unpaired) electrons. The molecule has 1 aromatic rings. The molecular weight excluding hydrogens is 176 g/mol. The lowest BCUT2D eigenvalue weighted by Crippen LogP contribution is -2.22. The number of aromatic nitrogens is 1. The Morgan fingerprint density at radius 1 is 1.43 bits per heavy atom. The Bertz CT molecular complexity index is 297. The fourth-order valence-electron chi connectivity index (χ4n) is 2.15. The van der Waals surface area contributed by atoms with E-state index in [9.17, 15) is 0 Å². The maximum absolute atomic E-state index is 8.86. The van der Waals surface area contributed by atoms with Crippen molar-refractivity contribution < 1.29 is 5.11 Å². The summed E-state index contributed by atoms with van der Waals surface area (Å²) in [5.41, 5.74) is 7.94.